The predicted octanol–water partition coefficient (Wildman–Crippen LogP) is 2.87. The summed E-state index contributed by atoms with van der Waals surface area (Å²) in [6.45, 7) is 7.32. The van der Waals surface area contributed by atoms with Gasteiger partial charge in [-0.2, -0.15) is 5.10 Å². The largest absolute Gasteiger partial charge is 0.272 e. The minimum Gasteiger partial charge on any atom is -0.272 e. The molecule has 0 aliphatic heterocycles. The highest BCUT2D eigenvalue weighted by molar-refractivity contribution is 5.55. The van der Waals surface area contributed by atoms with Crippen LogP contribution in [0.3, 0.4) is 0 Å². The minimum absolute atomic E-state index is 0.396. The molecule has 0 aliphatic rings. The predicted molar refractivity (Wildman–Crippen MR) is 67.6 cm³/mol. The zero-order chi connectivity index (χ0) is 12.3. The van der Waals surface area contributed by atoms with Crippen LogP contribution in [0.25, 0.3) is 11.3 Å². The van der Waals surface area contributed by atoms with Crippen molar-refractivity contribution in [3.05, 3.63) is 30.5 Å². The van der Waals surface area contributed by atoms with Gasteiger partial charge in [-0.3, -0.25) is 9.67 Å². The van der Waals surface area contributed by atoms with Gasteiger partial charge in [-0.05, 0) is 12.3 Å². The van der Waals surface area contributed by atoms with E-state index in [4.69, 9.17) is 0 Å². The van der Waals surface area contributed by atoms with E-state index in [0.29, 0.717) is 5.92 Å². The topological polar surface area (TPSA) is 43.6 Å². The first kappa shape index (κ1) is 11.8. The molecule has 0 spiro atoms. The molecule has 0 amide bonds. The summed E-state index contributed by atoms with van der Waals surface area (Å²) in [6.07, 6.45) is 8.57. The van der Waals surface area contributed by atoms with Gasteiger partial charge in [0.1, 0.15) is 0 Å². The molecule has 0 saturated heterocycles. The van der Waals surface area contributed by atoms with Gasteiger partial charge in [-0.1, -0.05) is 20.8 Å². The second-order valence-electron chi connectivity index (χ2n) is 4.48. The summed E-state index contributed by atoms with van der Waals surface area (Å²) < 4.78 is 1.94. The highest BCUT2D eigenvalue weighted by atomic mass is 15.3. The van der Waals surface area contributed by atoms with Crippen molar-refractivity contribution in [2.75, 3.05) is 0 Å². The molecule has 2 aromatic rings. The Balaban J connectivity index is 2.28. The molecule has 0 bridgehead atoms. The molecule has 0 aromatic carbocycles. The number of nitrogens with zero attached hydrogens (tertiary/aromatic N) is 4. The Morgan fingerprint density at radius 2 is 2.06 bits per heavy atom. The smallest absolute Gasteiger partial charge is 0.0920 e. The van der Waals surface area contributed by atoms with Crippen LogP contribution >= 0.6 is 0 Å². The second-order valence-corrected chi connectivity index (χ2v) is 4.48. The van der Waals surface area contributed by atoms with Crippen molar-refractivity contribution >= 4 is 0 Å². The van der Waals surface area contributed by atoms with Crippen molar-refractivity contribution in [1.29, 1.82) is 0 Å². The Morgan fingerprint density at radius 1 is 1.24 bits per heavy atom. The van der Waals surface area contributed by atoms with Gasteiger partial charge < -0.3 is 0 Å². The van der Waals surface area contributed by atoms with Crippen LogP contribution in [0.5, 0.6) is 0 Å². The van der Waals surface area contributed by atoms with E-state index in [1.165, 1.54) is 0 Å². The summed E-state index contributed by atoms with van der Waals surface area (Å²) >= 11 is 0. The van der Waals surface area contributed by atoms with Crippen molar-refractivity contribution < 1.29 is 0 Å². The number of aromatic nitrogens is 4. The van der Waals surface area contributed by atoms with Gasteiger partial charge in [0.2, 0.25) is 0 Å². The molecular weight excluding hydrogens is 212 g/mol. The second kappa shape index (κ2) is 5.08. The summed E-state index contributed by atoms with van der Waals surface area (Å²) in [5.74, 6) is 0.396. The molecule has 0 fully saturated rings. The van der Waals surface area contributed by atoms with Gasteiger partial charge in [0, 0.05) is 24.5 Å². The lowest BCUT2D eigenvalue weighted by Crippen LogP contribution is -1.96. The van der Waals surface area contributed by atoms with Gasteiger partial charge in [-0.25, -0.2) is 4.98 Å². The van der Waals surface area contributed by atoms with E-state index in [1.54, 1.807) is 6.20 Å². The van der Waals surface area contributed by atoms with E-state index in [9.17, 15) is 0 Å². The first-order valence-electron chi connectivity index (χ1n) is 6.05. The molecule has 0 aliphatic carbocycles. The van der Waals surface area contributed by atoms with Crippen LogP contribution in [0.1, 0.15) is 38.8 Å². The summed E-state index contributed by atoms with van der Waals surface area (Å²) in [7, 11) is 0. The molecule has 0 N–H and O–H groups in total. The highest BCUT2D eigenvalue weighted by Crippen LogP contribution is 2.18. The average Bonchev–Trinajstić information content (AvgIpc) is 2.78. The average molecular weight is 230 g/mol. The standard InChI is InChI=1S/C13H18N4/c1-4-5-17-9-11(6-15-17)13-8-14-7-12(16-13)10(2)3/h6-10H,4-5H2,1-3H3. The monoisotopic (exact) mass is 230 g/mol. The summed E-state index contributed by atoms with van der Waals surface area (Å²) in [5.41, 5.74) is 2.96. The third-order valence-corrected chi connectivity index (χ3v) is 2.63. The van der Waals surface area contributed by atoms with Crippen molar-refractivity contribution in [3.8, 4) is 11.3 Å². The fourth-order valence-electron chi connectivity index (χ4n) is 1.65. The van der Waals surface area contributed by atoms with E-state index in [1.807, 2.05) is 23.3 Å². The zero-order valence-electron chi connectivity index (χ0n) is 10.6. The van der Waals surface area contributed by atoms with Crippen molar-refractivity contribution in [3.63, 3.8) is 0 Å². The van der Waals surface area contributed by atoms with Gasteiger partial charge in [0.15, 0.2) is 0 Å². The Bertz CT molecular complexity index is 488. The quantitative estimate of drug-likeness (QED) is 0.811. The van der Waals surface area contributed by atoms with Crippen molar-refractivity contribution in [2.24, 2.45) is 0 Å². The highest BCUT2D eigenvalue weighted by Gasteiger charge is 2.06. The van der Waals surface area contributed by atoms with Crippen molar-refractivity contribution in [1.82, 2.24) is 19.7 Å². The lowest BCUT2D eigenvalue weighted by molar-refractivity contribution is 0.603. The van der Waals surface area contributed by atoms with Crippen LogP contribution in [0.2, 0.25) is 0 Å². The Labute approximate surface area is 102 Å². The molecule has 0 unspecified atom stereocenters. The van der Waals surface area contributed by atoms with Crippen LogP contribution in [0.4, 0.5) is 0 Å². The maximum Gasteiger partial charge on any atom is 0.0920 e. The molecular formula is C13H18N4. The third-order valence-electron chi connectivity index (χ3n) is 2.63. The SMILES string of the molecule is CCCn1cc(-c2cncc(C(C)C)n2)cn1. The molecule has 4 nitrogen and oxygen atoms in total. The lowest BCUT2D eigenvalue weighted by Gasteiger charge is -2.04. The van der Waals surface area contributed by atoms with Gasteiger partial charge in [-0.15, -0.1) is 0 Å². The summed E-state index contributed by atoms with van der Waals surface area (Å²) in [5, 5.41) is 4.31. The van der Waals surface area contributed by atoms with Gasteiger partial charge in [0.25, 0.3) is 0 Å². The van der Waals surface area contributed by atoms with E-state index in [0.717, 1.165) is 29.9 Å². The molecule has 0 radical (unpaired) electrons. The maximum atomic E-state index is 4.60. The molecule has 17 heavy (non-hydrogen) atoms. The molecule has 4 heteroatoms. The Kier molecular flexibility index (Phi) is 3.52. The number of hydrogen-bond acceptors (Lipinski definition) is 3. The van der Waals surface area contributed by atoms with Crippen LogP contribution < -0.4 is 0 Å². The number of aryl methyl sites for hydroxylation is 1. The van der Waals surface area contributed by atoms with E-state index in [-0.39, 0.29) is 0 Å². The third kappa shape index (κ3) is 2.70. The summed E-state index contributed by atoms with van der Waals surface area (Å²) in [4.78, 5) is 8.84. The fraction of sp³-hybridized carbons (Fsp3) is 0.462. The summed E-state index contributed by atoms with van der Waals surface area (Å²) in [6, 6.07) is 0. The van der Waals surface area contributed by atoms with Crippen LogP contribution in [-0.2, 0) is 6.54 Å². The van der Waals surface area contributed by atoms with Crippen LogP contribution in [-0.4, -0.2) is 19.7 Å². The maximum absolute atomic E-state index is 4.60. The molecule has 2 heterocycles. The van der Waals surface area contributed by atoms with E-state index in [2.05, 4.69) is 35.8 Å². The fourth-order valence-corrected chi connectivity index (χ4v) is 1.65. The lowest BCUT2D eigenvalue weighted by atomic mass is 10.1. The molecule has 2 rings (SSSR count). The number of hydrogen-bond donors (Lipinski definition) is 0. The van der Waals surface area contributed by atoms with Crippen molar-refractivity contribution in [2.45, 2.75) is 39.7 Å². The minimum atomic E-state index is 0.396. The zero-order valence-corrected chi connectivity index (χ0v) is 10.6. The van der Waals surface area contributed by atoms with Crippen LogP contribution in [0, 0.1) is 0 Å². The molecule has 2 aromatic heterocycles. The van der Waals surface area contributed by atoms with E-state index < -0.39 is 0 Å². The van der Waals surface area contributed by atoms with Gasteiger partial charge >= 0.3 is 0 Å². The molecule has 90 valence electrons. The van der Waals surface area contributed by atoms with Crippen LogP contribution in [0.15, 0.2) is 24.8 Å². The molecule has 0 atom stereocenters. The first-order valence-corrected chi connectivity index (χ1v) is 6.05. The van der Waals surface area contributed by atoms with Gasteiger partial charge in [0.05, 0.1) is 23.8 Å². The Morgan fingerprint density at radius 3 is 2.76 bits per heavy atom. The van der Waals surface area contributed by atoms with E-state index >= 15 is 0 Å². The number of rotatable bonds is 4. The normalized spacial score (nSPS) is 11.1. The Hall–Kier alpha value is -1.71. The first-order chi connectivity index (χ1) is 8.20. The molecule has 0 saturated carbocycles.